The summed E-state index contributed by atoms with van der Waals surface area (Å²) in [4.78, 5) is 6.27. The van der Waals surface area contributed by atoms with E-state index >= 15 is 0 Å². The molecule has 0 bridgehead atoms. The molecule has 94 valence electrons. The summed E-state index contributed by atoms with van der Waals surface area (Å²) >= 11 is 6.01. The molecule has 1 fully saturated rings. The average Bonchev–Trinajstić information content (AvgIpc) is 3.12. The van der Waals surface area contributed by atoms with E-state index in [0.29, 0.717) is 5.15 Å². The second-order valence-electron chi connectivity index (χ2n) is 4.71. The third-order valence-corrected chi connectivity index (χ3v) is 3.28. The van der Waals surface area contributed by atoms with Gasteiger partial charge in [0.25, 0.3) is 0 Å². The van der Waals surface area contributed by atoms with Crippen molar-refractivity contribution in [2.45, 2.75) is 19.4 Å². The van der Waals surface area contributed by atoms with Gasteiger partial charge in [-0.3, -0.25) is 4.90 Å². The fourth-order valence-electron chi connectivity index (χ4n) is 1.66. The third-order valence-electron chi connectivity index (χ3n) is 2.94. The van der Waals surface area contributed by atoms with Gasteiger partial charge >= 0.3 is 0 Å². The van der Waals surface area contributed by atoms with Gasteiger partial charge in [0.1, 0.15) is 5.15 Å². The Hall–Kier alpha value is -0.640. The van der Waals surface area contributed by atoms with Crippen LogP contribution in [0.1, 0.15) is 18.4 Å². The number of hydrogen-bond acceptors (Lipinski definition) is 3. The molecule has 0 N–H and O–H groups in total. The van der Waals surface area contributed by atoms with Crippen LogP contribution in [-0.2, 0) is 11.3 Å². The highest BCUT2D eigenvalue weighted by Gasteiger charge is 2.20. The molecule has 0 saturated heterocycles. The van der Waals surface area contributed by atoms with Crippen molar-refractivity contribution in [3.8, 4) is 0 Å². The molecule has 0 aliphatic heterocycles. The Morgan fingerprint density at radius 3 is 3.06 bits per heavy atom. The molecule has 1 aliphatic carbocycles. The van der Waals surface area contributed by atoms with Crippen LogP contribution in [0.2, 0.25) is 5.15 Å². The number of halogens is 1. The summed E-state index contributed by atoms with van der Waals surface area (Å²) < 4.78 is 5.61. The lowest BCUT2D eigenvalue weighted by Gasteiger charge is -2.17. The first-order chi connectivity index (χ1) is 8.25. The van der Waals surface area contributed by atoms with E-state index in [9.17, 15) is 0 Å². The SMILES string of the molecule is CN(CCOCC1CC1)Cc1cccnc1Cl. The summed E-state index contributed by atoms with van der Waals surface area (Å²) in [6, 6.07) is 3.93. The van der Waals surface area contributed by atoms with Gasteiger partial charge in [-0.25, -0.2) is 4.98 Å². The number of nitrogens with zero attached hydrogens (tertiary/aromatic N) is 2. The summed E-state index contributed by atoms with van der Waals surface area (Å²) in [5, 5.41) is 0.596. The maximum Gasteiger partial charge on any atom is 0.133 e. The Morgan fingerprint density at radius 1 is 1.53 bits per heavy atom. The molecular weight excluding hydrogens is 236 g/mol. The summed E-state index contributed by atoms with van der Waals surface area (Å²) in [5.74, 6) is 0.841. The molecule has 0 amide bonds. The van der Waals surface area contributed by atoms with Crippen LogP contribution in [0.4, 0.5) is 0 Å². The topological polar surface area (TPSA) is 25.4 Å². The molecule has 1 saturated carbocycles. The Labute approximate surface area is 108 Å². The molecule has 0 radical (unpaired) electrons. The van der Waals surface area contributed by atoms with Crippen molar-refractivity contribution in [1.29, 1.82) is 0 Å². The first-order valence-corrected chi connectivity index (χ1v) is 6.49. The van der Waals surface area contributed by atoms with Crippen LogP contribution in [-0.4, -0.2) is 36.7 Å². The smallest absolute Gasteiger partial charge is 0.133 e. The van der Waals surface area contributed by atoms with Crippen LogP contribution >= 0.6 is 11.6 Å². The number of rotatable bonds is 7. The summed E-state index contributed by atoms with van der Waals surface area (Å²) in [5.41, 5.74) is 1.07. The highest BCUT2D eigenvalue weighted by atomic mass is 35.5. The van der Waals surface area contributed by atoms with Gasteiger partial charge in [-0.05, 0) is 31.9 Å². The first-order valence-electron chi connectivity index (χ1n) is 6.11. The minimum absolute atomic E-state index is 0.596. The van der Waals surface area contributed by atoms with Crippen molar-refractivity contribution in [3.05, 3.63) is 29.0 Å². The Balaban J connectivity index is 1.65. The van der Waals surface area contributed by atoms with Crippen LogP contribution < -0.4 is 0 Å². The van der Waals surface area contributed by atoms with Gasteiger partial charge in [-0.15, -0.1) is 0 Å². The summed E-state index contributed by atoms with van der Waals surface area (Å²) in [6.07, 6.45) is 4.41. The predicted octanol–water partition coefficient (Wildman–Crippen LogP) is 2.59. The van der Waals surface area contributed by atoms with E-state index in [1.54, 1.807) is 6.20 Å². The molecule has 0 atom stereocenters. The van der Waals surface area contributed by atoms with E-state index in [1.807, 2.05) is 12.1 Å². The zero-order chi connectivity index (χ0) is 12.1. The van der Waals surface area contributed by atoms with Crippen LogP contribution in [0.15, 0.2) is 18.3 Å². The van der Waals surface area contributed by atoms with Crippen molar-refractivity contribution in [2.24, 2.45) is 5.92 Å². The van der Waals surface area contributed by atoms with Gasteiger partial charge < -0.3 is 4.74 Å². The molecule has 0 aromatic carbocycles. The lowest BCUT2D eigenvalue weighted by Crippen LogP contribution is -2.23. The van der Waals surface area contributed by atoms with Crippen LogP contribution in [0.25, 0.3) is 0 Å². The maximum atomic E-state index is 6.01. The van der Waals surface area contributed by atoms with Crippen LogP contribution in [0, 0.1) is 5.92 Å². The van der Waals surface area contributed by atoms with Crippen LogP contribution in [0.3, 0.4) is 0 Å². The number of pyridine rings is 1. The molecule has 1 heterocycles. The number of hydrogen-bond donors (Lipinski definition) is 0. The van der Waals surface area contributed by atoms with Gasteiger partial charge in [-0.1, -0.05) is 17.7 Å². The van der Waals surface area contributed by atoms with Gasteiger partial charge in [0.05, 0.1) is 6.61 Å². The Kier molecular flexibility index (Phi) is 4.77. The maximum absolute atomic E-state index is 6.01. The normalized spacial score (nSPS) is 15.5. The quantitative estimate of drug-likeness (QED) is 0.553. The second-order valence-corrected chi connectivity index (χ2v) is 5.07. The third kappa shape index (κ3) is 4.62. The van der Waals surface area contributed by atoms with Crippen molar-refractivity contribution in [2.75, 3.05) is 26.8 Å². The Bertz CT molecular complexity index is 355. The minimum atomic E-state index is 0.596. The summed E-state index contributed by atoms with van der Waals surface area (Å²) in [7, 11) is 2.07. The fourth-order valence-corrected chi connectivity index (χ4v) is 1.84. The standard InChI is InChI=1S/C13H19ClN2O/c1-16(7-8-17-10-11-4-5-11)9-12-3-2-6-15-13(12)14/h2-3,6,11H,4-5,7-10H2,1H3. The molecule has 1 aromatic rings. The van der Waals surface area contributed by atoms with E-state index in [0.717, 1.165) is 37.8 Å². The lowest BCUT2D eigenvalue weighted by atomic mass is 10.3. The molecule has 1 aromatic heterocycles. The zero-order valence-electron chi connectivity index (χ0n) is 10.2. The largest absolute Gasteiger partial charge is 0.380 e. The number of ether oxygens (including phenoxy) is 1. The van der Waals surface area contributed by atoms with Gasteiger partial charge in [0.2, 0.25) is 0 Å². The van der Waals surface area contributed by atoms with E-state index in [-0.39, 0.29) is 0 Å². The molecule has 0 spiro atoms. The average molecular weight is 255 g/mol. The van der Waals surface area contributed by atoms with E-state index in [1.165, 1.54) is 12.8 Å². The Morgan fingerprint density at radius 2 is 2.35 bits per heavy atom. The first kappa shape index (κ1) is 12.8. The zero-order valence-corrected chi connectivity index (χ0v) is 11.0. The van der Waals surface area contributed by atoms with E-state index < -0.39 is 0 Å². The molecule has 17 heavy (non-hydrogen) atoms. The molecule has 4 heteroatoms. The van der Waals surface area contributed by atoms with Crippen molar-refractivity contribution < 1.29 is 4.74 Å². The van der Waals surface area contributed by atoms with Gasteiger partial charge in [0, 0.05) is 31.5 Å². The van der Waals surface area contributed by atoms with Gasteiger partial charge in [0.15, 0.2) is 0 Å². The van der Waals surface area contributed by atoms with Crippen molar-refractivity contribution >= 4 is 11.6 Å². The summed E-state index contributed by atoms with van der Waals surface area (Å²) in [6.45, 7) is 3.48. The van der Waals surface area contributed by atoms with Crippen molar-refractivity contribution in [3.63, 3.8) is 0 Å². The van der Waals surface area contributed by atoms with E-state index in [2.05, 4.69) is 16.9 Å². The molecule has 3 nitrogen and oxygen atoms in total. The second kappa shape index (κ2) is 6.34. The molecule has 0 unspecified atom stereocenters. The highest BCUT2D eigenvalue weighted by Crippen LogP contribution is 2.28. The molecule has 2 rings (SSSR count). The predicted molar refractivity (Wildman–Crippen MR) is 69.1 cm³/mol. The highest BCUT2D eigenvalue weighted by molar-refractivity contribution is 6.30. The minimum Gasteiger partial charge on any atom is -0.380 e. The number of aromatic nitrogens is 1. The fraction of sp³-hybridized carbons (Fsp3) is 0.615. The lowest BCUT2D eigenvalue weighted by molar-refractivity contribution is 0.102. The van der Waals surface area contributed by atoms with Gasteiger partial charge in [-0.2, -0.15) is 0 Å². The number of likely N-dealkylation sites (N-methyl/N-ethyl adjacent to an activating group) is 1. The van der Waals surface area contributed by atoms with E-state index in [4.69, 9.17) is 16.3 Å². The molecular formula is C13H19ClN2O. The monoisotopic (exact) mass is 254 g/mol. The van der Waals surface area contributed by atoms with Crippen LogP contribution in [0.5, 0.6) is 0 Å². The van der Waals surface area contributed by atoms with Crippen molar-refractivity contribution in [1.82, 2.24) is 9.88 Å². The molecule has 1 aliphatic rings.